The Bertz CT molecular complexity index is 372. The molecule has 3 heteroatoms. The van der Waals surface area contributed by atoms with Crippen LogP contribution in [0.4, 0.5) is 0 Å². The quantitative estimate of drug-likeness (QED) is 0.604. The fraction of sp³-hybridized carbons (Fsp3) is 0.824. The van der Waals surface area contributed by atoms with Crippen LogP contribution in [-0.4, -0.2) is 22.6 Å². The first kappa shape index (κ1) is 15.6. The summed E-state index contributed by atoms with van der Waals surface area (Å²) in [7, 11) is 0. The second-order valence-electron chi connectivity index (χ2n) is 6.19. The summed E-state index contributed by atoms with van der Waals surface area (Å²) in [5.74, 6) is 2.77. The van der Waals surface area contributed by atoms with Crippen LogP contribution in [0.5, 0.6) is 0 Å². The molecule has 2 unspecified atom stereocenters. The molecule has 2 rings (SSSR count). The maximum Gasteiger partial charge on any atom is 0.112 e. The van der Waals surface area contributed by atoms with E-state index in [0.29, 0.717) is 5.92 Å². The molecule has 1 aromatic rings. The van der Waals surface area contributed by atoms with Gasteiger partial charge in [0.05, 0.1) is 0 Å². The number of nitrogens with one attached hydrogen (secondary N) is 1. The maximum atomic E-state index is 4.71. The van der Waals surface area contributed by atoms with Crippen molar-refractivity contribution in [3.05, 3.63) is 18.2 Å². The predicted molar refractivity (Wildman–Crippen MR) is 85.0 cm³/mol. The average Bonchev–Trinajstić information content (AvgIpc) is 2.78. The monoisotopic (exact) mass is 277 g/mol. The average molecular weight is 277 g/mol. The van der Waals surface area contributed by atoms with Gasteiger partial charge < -0.3 is 9.88 Å². The van der Waals surface area contributed by atoms with Crippen molar-refractivity contribution < 1.29 is 0 Å². The summed E-state index contributed by atoms with van der Waals surface area (Å²) in [6.45, 7) is 7.91. The number of nitrogens with zero attached hydrogens (tertiary/aromatic N) is 2. The molecular weight excluding hydrogens is 246 g/mol. The Morgan fingerprint density at radius 3 is 2.85 bits per heavy atom. The standard InChI is InChI=1S/C17H31N3/c1-3-10-18-14-15-8-6-5-7-9-16(15)17-19-11-13-20(17)12-4-2/h11,13,15-16,18H,3-10,12,14H2,1-2H3. The zero-order valence-electron chi connectivity index (χ0n) is 13.3. The normalized spacial score (nSPS) is 23.7. The molecule has 0 spiro atoms. The molecule has 20 heavy (non-hydrogen) atoms. The molecule has 1 aliphatic rings. The molecule has 1 aromatic heterocycles. The number of aromatic nitrogens is 2. The van der Waals surface area contributed by atoms with Crippen molar-refractivity contribution in [2.75, 3.05) is 13.1 Å². The molecule has 114 valence electrons. The second-order valence-corrected chi connectivity index (χ2v) is 6.19. The third kappa shape index (κ3) is 4.08. The van der Waals surface area contributed by atoms with Crippen LogP contribution in [0.2, 0.25) is 0 Å². The SMILES string of the molecule is CCCNCC1CCCCCC1c1nccn1CCC. The van der Waals surface area contributed by atoms with E-state index >= 15 is 0 Å². The smallest absolute Gasteiger partial charge is 0.112 e. The minimum Gasteiger partial charge on any atom is -0.335 e. The second kappa shape index (κ2) is 8.46. The molecule has 0 saturated heterocycles. The van der Waals surface area contributed by atoms with Gasteiger partial charge in [0.1, 0.15) is 5.82 Å². The van der Waals surface area contributed by atoms with E-state index in [1.54, 1.807) is 0 Å². The van der Waals surface area contributed by atoms with Gasteiger partial charge >= 0.3 is 0 Å². The largest absolute Gasteiger partial charge is 0.335 e. The summed E-state index contributed by atoms with van der Waals surface area (Å²) in [5, 5.41) is 3.64. The Labute approximate surface area is 124 Å². The lowest BCUT2D eigenvalue weighted by atomic mass is 9.87. The van der Waals surface area contributed by atoms with Crippen molar-refractivity contribution >= 4 is 0 Å². The van der Waals surface area contributed by atoms with E-state index in [0.717, 1.165) is 25.6 Å². The van der Waals surface area contributed by atoms with Crippen molar-refractivity contribution in [2.24, 2.45) is 5.92 Å². The van der Waals surface area contributed by atoms with E-state index in [9.17, 15) is 0 Å². The summed E-state index contributed by atoms with van der Waals surface area (Å²) in [5.41, 5.74) is 0. The van der Waals surface area contributed by atoms with Gasteiger partial charge in [-0.25, -0.2) is 4.98 Å². The number of hydrogen-bond donors (Lipinski definition) is 1. The van der Waals surface area contributed by atoms with Crippen LogP contribution in [0, 0.1) is 5.92 Å². The molecule has 0 aromatic carbocycles. The van der Waals surface area contributed by atoms with Crippen molar-refractivity contribution in [1.29, 1.82) is 0 Å². The Kier molecular flexibility index (Phi) is 6.58. The Morgan fingerprint density at radius 2 is 2.05 bits per heavy atom. The highest BCUT2D eigenvalue weighted by Gasteiger charge is 2.27. The van der Waals surface area contributed by atoms with E-state index in [2.05, 4.69) is 29.9 Å². The lowest BCUT2D eigenvalue weighted by Gasteiger charge is -2.26. The fourth-order valence-corrected chi connectivity index (χ4v) is 3.51. The van der Waals surface area contributed by atoms with Gasteiger partial charge in [-0.3, -0.25) is 0 Å². The molecule has 1 saturated carbocycles. The van der Waals surface area contributed by atoms with Gasteiger partial charge in [-0.1, -0.05) is 33.1 Å². The predicted octanol–water partition coefficient (Wildman–Crippen LogP) is 3.96. The molecule has 1 fully saturated rings. The first-order valence-electron chi connectivity index (χ1n) is 8.58. The third-order valence-corrected chi connectivity index (χ3v) is 4.54. The molecule has 1 heterocycles. The van der Waals surface area contributed by atoms with E-state index in [-0.39, 0.29) is 0 Å². The van der Waals surface area contributed by atoms with E-state index < -0.39 is 0 Å². The lowest BCUT2D eigenvalue weighted by Crippen LogP contribution is -2.28. The molecule has 1 aliphatic carbocycles. The van der Waals surface area contributed by atoms with Gasteiger partial charge in [0.15, 0.2) is 0 Å². The van der Waals surface area contributed by atoms with Crippen molar-refractivity contribution in [3.8, 4) is 0 Å². The zero-order chi connectivity index (χ0) is 14.2. The van der Waals surface area contributed by atoms with Crippen molar-refractivity contribution in [2.45, 2.75) is 71.3 Å². The first-order chi connectivity index (χ1) is 9.86. The van der Waals surface area contributed by atoms with Gasteiger partial charge in [0.2, 0.25) is 0 Å². The zero-order valence-corrected chi connectivity index (χ0v) is 13.3. The molecular formula is C17H31N3. The van der Waals surface area contributed by atoms with Gasteiger partial charge in [0.25, 0.3) is 0 Å². The van der Waals surface area contributed by atoms with Crippen LogP contribution in [-0.2, 0) is 6.54 Å². The van der Waals surface area contributed by atoms with Crippen molar-refractivity contribution in [3.63, 3.8) is 0 Å². The van der Waals surface area contributed by atoms with E-state index in [1.807, 2.05) is 6.20 Å². The van der Waals surface area contributed by atoms with Crippen LogP contribution in [0.3, 0.4) is 0 Å². The molecule has 0 radical (unpaired) electrons. The highest BCUT2D eigenvalue weighted by atomic mass is 15.1. The van der Waals surface area contributed by atoms with Gasteiger partial charge in [-0.05, 0) is 44.7 Å². The van der Waals surface area contributed by atoms with Crippen molar-refractivity contribution in [1.82, 2.24) is 14.9 Å². The first-order valence-corrected chi connectivity index (χ1v) is 8.58. The summed E-state index contributed by atoms with van der Waals surface area (Å²) in [6.07, 6.45) is 13.4. The number of imidazole rings is 1. The fourth-order valence-electron chi connectivity index (χ4n) is 3.51. The van der Waals surface area contributed by atoms with Gasteiger partial charge in [-0.2, -0.15) is 0 Å². The number of hydrogen-bond acceptors (Lipinski definition) is 2. The minimum atomic E-state index is 0.656. The van der Waals surface area contributed by atoms with Gasteiger partial charge in [-0.15, -0.1) is 0 Å². The van der Waals surface area contributed by atoms with Gasteiger partial charge in [0, 0.05) is 24.9 Å². The Hall–Kier alpha value is -0.830. The molecule has 0 aliphatic heterocycles. The highest BCUT2D eigenvalue weighted by Crippen LogP contribution is 2.35. The minimum absolute atomic E-state index is 0.656. The maximum absolute atomic E-state index is 4.71. The third-order valence-electron chi connectivity index (χ3n) is 4.54. The lowest BCUT2D eigenvalue weighted by molar-refractivity contribution is 0.355. The van der Waals surface area contributed by atoms with Crippen LogP contribution >= 0.6 is 0 Å². The topological polar surface area (TPSA) is 29.9 Å². The summed E-state index contributed by atoms with van der Waals surface area (Å²) in [6, 6.07) is 0. The number of rotatable bonds is 7. The van der Waals surface area contributed by atoms with E-state index in [1.165, 1.54) is 50.8 Å². The molecule has 3 nitrogen and oxygen atoms in total. The summed E-state index contributed by atoms with van der Waals surface area (Å²) in [4.78, 5) is 4.71. The number of aryl methyl sites for hydroxylation is 1. The van der Waals surface area contributed by atoms with E-state index in [4.69, 9.17) is 4.98 Å². The molecule has 1 N–H and O–H groups in total. The van der Waals surface area contributed by atoms with Crippen LogP contribution in [0.15, 0.2) is 12.4 Å². The van der Waals surface area contributed by atoms with Crippen LogP contribution < -0.4 is 5.32 Å². The Balaban J connectivity index is 2.08. The highest BCUT2D eigenvalue weighted by molar-refractivity contribution is 5.04. The summed E-state index contributed by atoms with van der Waals surface area (Å²) < 4.78 is 2.39. The molecule has 0 bridgehead atoms. The van der Waals surface area contributed by atoms with Crippen LogP contribution in [0.1, 0.15) is 70.5 Å². The molecule has 0 amide bonds. The molecule has 2 atom stereocenters. The van der Waals surface area contributed by atoms with Crippen LogP contribution in [0.25, 0.3) is 0 Å². The Morgan fingerprint density at radius 1 is 1.20 bits per heavy atom. The summed E-state index contributed by atoms with van der Waals surface area (Å²) >= 11 is 0.